The van der Waals surface area contributed by atoms with Crippen LogP contribution in [0.1, 0.15) is 23.1 Å². The standard InChI is InChI=1S/C22H21N7O/c1-3-23-20-13-21(27-14(2)26-20)28-16-5-7-17(8-6-16)29-22(30)15-4-9-18-19(12-15)25-11-10-24-18/h4-13H,3H2,1-2H3,(H,29,30)(H2,23,26,27,28). The number of nitrogens with one attached hydrogen (secondary N) is 3. The highest BCUT2D eigenvalue weighted by atomic mass is 16.1. The molecule has 150 valence electrons. The summed E-state index contributed by atoms with van der Waals surface area (Å²) in [5, 5.41) is 9.34. The molecule has 3 N–H and O–H groups in total. The molecule has 2 heterocycles. The van der Waals surface area contributed by atoms with Crippen LogP contribution in [0.25, 0.3) is 11.0 Å². The molecule has 30 heavy (non-hydrogen) atoms. The number of aromatic nitrogens is 4. The molecule has 0 spiro atoms. The fraction of sp³-hybridized carbons (Fsp3) is 0.136. The molecule has 0 unspecified atom stereocenters. The SMILES string of the molecule is CCNc1cc(Nc2ccc(NC(=O)c3ccc4nccnc4c3)cc2)nc(C)n1. The lowest BCUT2D eigenvalue weighted by Crippen LogP contribution is -2.11. The fourth-order valence-corrected chi connectivity index (χ4v) is 3.00. The maximum atomic E-state index is 12.6. The summed E-state index contributed by atoms with van der Waals surface area (Å²) in [5.74, 6) is 1.95. The number of aryl methyl sites for hydroxylation is 1. The lowest BCUT2D eigenvalue weighted by atomic mass is 10.1. The van der Waals surface area contributed by atoms with Gasteiger partial charge in [0.2, 0.25) is 0 Å². The molecular weight excluding hydrogens is 378 g/mol. The van der Waals surface area contributed by atoms with Crippen molar-refractivity contribution in [3.05, 3.63) is 72.3 Å². The third-order valence-electron chi connectivity index (χ3n) is 4.34. The number of hydrogen-bond acceptors (Lipinski definition) is 7. The average Bonchev–Trinajstić information content (AvgIpc) is 2.74. The summed E-state index contributed by atoms with van der Waals surface area (Å²) in [4.78, 5) is 29.8. The molecule has 0 fully saturated rings. The number of rotatable bonds is 6. The van der Waals surface area contributed by atoms with Gasteiger partial charge in [0.1, 0.15) is 17.5 Å². The van der Waals surface area contributed by atoms with Crippen LogP contribution in [0.15, 0.2) is 60.9 Å². The Balaban J connectivity index is 1.45. The van der Waals surface area contributed by atoms with Crippen LogP contribution in [-0.2, 0) is 0 Å². The minimum Gasteiger partial charge on any atom is -0.370 e. The first-order valence-corrected chi connectivity index (χ1v) is 9.59. The van der Waals surface area contributed by atoms with E-state index in [4.69, 9.17) is 0 Å². The van der Waals surface area contributed by atoms with E-state index in [-0.39, 0.29) is 5.91 Å². The van der Waals surface area contributed by atoms with E-state index in [0.717, 1.165) is 23.6 Å². The number of carbonyl (C=O) groups is 1. The van der Waals surface area contributed by atoms with Crippen molar-refractivity contribution in [2.75, 3.05) is 22.5 Å². The van der Waals surface area contributed by atoms with Gasteiger partial charge in [0, 0.05) is 41.9 Å². The number of fused-ring (bicyclic) bond motifs is 1. The molecule has 0 aliphatic carbocycles. The summed E-state index contributed by atoms with van der Waals surface area (Å²) in [5.41, 5.74) is 3.51. The van der Waals surface area contributed by atoms with Gasteiger partial charge in [-0.25, -0.2) is 9.97 Å². The first-order chi connectivity index (χ1) is 14.6. The average molecular weight is 399 g/mol. The maximum absolute atomic E-state index is 12.6. The topological polar surface area (TPSA) is 105 Å². The smallest absolute Gasteiger partial charge is 0.255 e. The largest absolute Gasteiger partial charge is 0.370 e. The zero-order valence-corrected chi connectivity index (χ0v) is 16.7. The van der Waals surface area contributed by atoms with Gasteiger partial charge < -0.3 is 16.0 Å². The lowest BCUT2D eigenvalue weighted by Gasteiger charge is -2.10. The number of nitrogens with zero attached hydrogens (tertiary/aromatic N) is 4. The lowest BCUT2D eigenvalue weighted by molar-refractivity contribution is 0.102. The maximum Gasteiger partial charge on any atom is 0.255 e. The number of carbonyl (C=O) groups excluding carboxylic acids is 1. The van der Waals surface area contributed by atoms with Gasteiger partial charge in [0.05, 0.1) is 11.0 Å². The Morgan fingerprint density at radius 2 is 1.57 bits per heavy atom. The molecule has 8 heteroatoms. The van der Waals surface area contributed by atoms with Crippen LogP contribution in [0.4, 0.5) is 23.0 Å². The van der Waals surface area contributed by atoms with Gasteiger partial charge in [-0.05, 0) is 56.3 Å². The van der Waals surface area contributed by atoms with Crippen molar-refractivity contribution in [2.45, 2.75) is 13.8 Å². The molecule has 0 saturated carbocycles. The predicted molar refractivity (Wildman–Crippen MR) is 118 cm³/mol. The molecule has 1 amide bonds. The van der Waals surface area contributed by atoms with Crippen LogP contribution < -0.4 is 16.0 Å². The highest BCUT2D eigenvalue weighted by Crippen LogP contribution is 2.20. The van der Waals surface area contributed by atoms with E-state index in [1.807, 2.05) is 44.2 Å². The minimum absolute atomic E-state index is 0.204. The van der Waals surface area contributed by atoms with Gasteiger partial charge in [-0.15, -0.1) is 0 Å². The molecule has 2 aromatic heterocycles. The summed E-state index contributed by atoms with van der Waals surface area (Å²) in [7, 11) is 0. The molecule has 2 aromatic carbocycles. The second-order valence-corrected chi connectivity index (χ2v) is 6.63. The van der Waals surface area contributed by atoms with E-state index in [0.29, 0.717) is 28.4 Å². The molecular formula is C22H21N7O. The molecule has 0 radical (unpaired) electrons. The van der Waals surface area contributed by atoms with Crippen LogP contribution in [-0.4, -0.2) is 32.4 Å². The van der Waals surface area contributed by atoms with E-state index < -0.39 is 0 Å². The van der Waals surface area contributed by atoms with Gasteiger partial charge in [0.25, 0.3) is 5.91 Å². The third-order valence-corrected chi connectivity index (χ3v) is 4.34. The first-order valence-electron chi connectivity index (χ1n) is 9.59. The quantitative estimate of drug-likeness (QED) is 0.447. The van der Waals surface area contributed by atoms with Crippen LogP contribution in [0, 0.1) is 6.92 Å². The molecule has 0 bridgehead atoms. The highest BCUT2D eigenvalue weighted by molar-refractivity contribution is 6.05. The number of anilines is 4. The van der Waals surface area contributed by atoms with E-state index in [9.17, 15) is 4.79 Å². The molecule has 8 nitrogen and oxygen atoms in total. The van der Waals surface area contributed by atoms with Crippen molar-refractivity contribution in [1.82, 2.24) is 19.9 Å². The van der Waals surface area contributed by atoms with Crippen LogP contribution in [0.3, 0.4) is 0 Å². The number of hydrogen-bond donors (Lipinski definition) is 3. The molecule has 0 atom stereocenters. The van der Waals surface area contributed by atoms with E-state index in [2.05, 4.69) is 35.9 Å². The Hall–Kier alpha value is -4.07. The van der Waals surface area contributed by atoms with Gasteiger partial charge in [0.15, 0.2) is 0 Å². The highest BCUT2D eigenvalue weighted by Gasteiger charge is 2.08. The third kappa shape index (κ3) is 4.49. The van der Waals surface area contributed by atoms with Gasteiger partial charge in [-0.3, -0.25) is 14.8 Å². The van der Waals surface area contributed by atoms with Crippen molar-refractivity contribution < 1.29 is 4.79 Å². The summed E-state index contributed by atoms with van der Waals surface area (Å²) in [6.07, 6.45) is 3.23. The first kappa shape index (κ1) is 19.3. The van der Waals surface area contributed by atoms with E-state index in [1.54, 1.807) is 30.6 Å². The minimum atomic E-state index is -0.204. The van der Waals surface area contributed by atoms with Gasteiger partial charge in [-0.2, -0.15) is 0 Å². The summed E-state index contributed by atoms with van der Waals surface area (Å²) in [6, 6.07) is 14.5. The van der Waals surface area contributed by atoms with Crippen molar-refractivity contribution in [3.63, 3.8) is 0 Å². The monoisotopic (exact) mass is 399 g/mol. The summed E-state index contributed by atoms with van der Waals surface area (Å²) >= 11 is 0. The number of amides is 1. The Labute approximate surface area is 173 Å². The zero-order chi connectivity index (χ0) is 20.9. The molecule has 0 saturated heterocycles. The predicted octanol–water partition coefficient (Wildman–Crippen LogP) is 4.16. The van der Waals surface area contributed by atoms with Crippen LogP contribution in [0.5, 0.6) is 0 Å². The van der Waals surface area contributed by atoms with Gasteiger partial charge >= 0.3 is 0 Å². The van der Waals surface area contributed by atoms with Crippen molar-refractivity contribution in [2.24, 2.45) is 0 Å². The van der Waals surface area contributed by atoms with Crippen LogP contribution >= 0.6 is 0 Å². The van der Waals surface area contributed by atoms with E-state index in [1.165, 1.54) is 0 Å². The van der Waals surface area contributed by atoms with Gasteiger partial charge in [-0.1, -0.05) is 0 Å². The zero-order valence-electron chi connectivity index (χ0n) is 16.7. The Morgan fingerprint density at radius 1 is 0.867 bits per heavy atom. The Bertz CT molecular complexity index is 1190. The van der Waals surface area contributed by atoms with Crippen LogP contribution in [0.2, 0.25) is 0 Å². The Kier molecular flexibility index (Phi) is 5.47. The summed E-state index contributed by atoms with van der Waals surface area (Å²) in [6.45, 7) is 4.65. The normalized spacial score (nSPS) is 10.6. The summed E-state index contributed by atoms with van der Waals surface area (Å²) < 4.78 is 0. The van der Waals surface area contributed by atoms with Crippen molar-refractivity contribution in [1.29, 1.82) is 0 Å². The van der Waals surface area contributed by atoms with Crippen molar-refractivity contribution >= 4 is 40.0 Å². The number of benzene rings is 2. The second kappa shape index (κ2) is 8.52. The van der Waals surface area contributed by atoms with Crippen molar-refractivity contribution in [3.8, 4) is 0 Å². The molecule has 0 aliphatic heterocycles. The second-order valence-electron chi connectivity index (χ2n) is 6.63. The molecule has 4 aromatic rings. The molecule has 4 rings (SSSR count). The van der Waals surface area contributed by atoms with E-state index >= 15 is 0 Å². The Morgan fingerprint density at radius 3 is 2.33 bits per heavy atom. The molecule has 0 aliphatic rings. The fourth-order valence-electron chi connectivity index (χ4n) is 3.00.